The number of aryl methyl sites for hydroxylation is 1. The topological polar surface area (TPSA) is 76.5 Å². The molecule has 2 rings (SSSR count). The molecule has 0 bridgehead atoms. The molecule has 0 spiro atoms. The highest BCUT2D eigenvalue weighted by Gasteiger charge is 2.26. The molecule has 1 aliphatic rings. The lowest BCUT2D eigenvalue weighted by Crippen LogP contribution is -2.15. The lowest BCUT2D eigenvalue weighted by atomic mass is 10.1. The Morgan fingerprint density at radius 1 is 1.19 bits per heavy atom. The minimum atomic E-state index is -1.06. The molecular weight excluding hydrogens is 310 g/mol. The van der Waals surface area contributed by atoms with Gasteiger partial charge in [-0.05, 0) is 30.5 Å². The van der Waals surface area contributed by atoms with Crippen LogP contribution < -0.4 is 0 Å². The first-order chi connectivity index (χ1) is 10.2. The van der Waals surface area contributed by atoms with Crippen molar-refractivity contribution in [1.82, 2.24) is 4.98 Å². The van der Waals surface area contributed by atoms with E-state index in [4.69, 9.17) is 9.84 Å². The van der Waals surface area contributed by atoms with Crippen molar-refractivity contribution in [1.29, 1.82) is 0 Å². The van der Waals surface area contributed by atoms with Gasteiger partial charge in [0.1, 0.15) is 9.81 Å². The summed E-state index contributed by atoms with van der Waals surface area (Å²) in [7, 11) is 0. The van der Waals surface area contributed by atoms with E-state index < -0.39 is 11.9 Å². The van der Waals surface area contributed by atoms with E-state index in [9.17, 15) is 9.59 Å². The maximum atomic E-state index is 11.9. The number of nitrogens with zero attached hydrogens (tertiary/aromatic N) is 1. The Balaban J connectivity index is 1.82. The van der Waals surface area contributed by atoms with Crippen LogP contribution in [-0.2, 0) is 20.7 Å². The lowest BCUT2D eigenvalue weighted by molar-refractivity contribution is -0.139. The maximum Gasteiger partial charge on any atom is 0.346 e. The van der Waals surface area contributed by atoms with Gasteiger partial charge < -0.3 is 9.84 Å². The van der Waals surface area contributed by atoms with Gasteiger partial charge in [-0.3, -0.25) is 4.98 Å². The highest BCUT2D eigenvalue weighted by molar-refractivity contribution is 8.11. The normalized spacial score (nSPS) is 14.9. The second kappa shape index (κ2) is 8.09. The minimum absolute atomic E-state index is 0.102. The Morgan fingerprint density at radius 2 is 1.86 bits per heavy atom. The highest BCUT2D eigenvalue weighted by Crippen LogP contribution is 2.34. The molecule has 0 amide bonds. The van der Waals surface area contributed by atoms with Crippen LogP contribution in [0.3, 0.4) is 0 Å². The number of rotatable bonds is 6. The standard InChI is InChI=1S/C14H15NO4S2/c16-13(17)11-12(21-9-8-20-11)14(18)19-7-1-2-10-3-5-15-6-4-10/h3-6H,1-2,7-9H2,(H,16,17). The lowest BCUT2D eigenvalue weighted by Gasteiger charge is -2.15. The summed E-state index contributed by atoms with van der Waals surface area (Å²) in [6.45, 7) is 0.281. The zero-order valence-electron chi connectivity index (χ0n) is 11.3. The summed E-state index contributed by atoms with van der Waals surface area (Å²) < 4.78 is 5.17. The average molecular weight is 325 g/mol. The van der Waals surface area contributed by atoms with Crippen LogP contribution in [0.1, 0.15) is 12.0 Å². The Morgan fingerprint density at radius 3 is 2.52 bits per heavy atom. The predicted octanol–water partition coefficient (Wildman–Crippen LogP) is 2.33. The van der Waals surface area contributed by atoms with Gasteiger partial charge in [0.15, 0.2) is 0 Å². The van der Waals surface area contributed by atoms with Gasteiger partial charge >= 0.3 is 11.9 Å². The van der Waals surface area contributed by atoms with Crippen molar-refractivity contribution >= 4 is 35.5 Å². The van der Waals surface area contributed by atoms with Crippen LogP contribution in [0.25, 0.3) is 0 Å². The van der Waals surface area contributed by atoms with E-state index in [1.54, 1.807) is 12.4 Å². The Labute approximate surface area is 131 Å². The molecule has 0 saturated carbocycles. The molecule has 0 fully saturated rings. The Kier molecular flexibility index (Phi) is 6.13. The van der Waals surface area contributed by atoms with Gasteiger partial charge in [-0.2, -0.15) is 0 Å². The molecule has 0 radical (unpaired) electrons. The van der Waals surface area contributed by atoms with Gasteiger partial charge in [-0.25, -0.2) is 9.59 Å². The van der Waals surface area contributed by atoms with E-state index >= 15 is 0 Å². The number of ether oxygens (including phenoxy) is 1. The van der Waals surface area contributed by atoms with Crippen LogP contribution in [0.5, 0.6) is 0 Å². The summed E-state index contributed by atoms with van der Waals surface area (Å²) in [5.74, 6) is -0.163. The summed E-state index contributed by atoms with van der Waals surface area (Å²) in [6, 6.07) is 3.83. The third-order valence-electron chi connectivity index (χ3n) is 2.75. The van der Waals surface area contributed by atoms with Gasteiger partial charge in [0.2, 0.25) is 0 Å². The van der Waals surface area contributed by atoms with Gasteiger partial charge in [-0.1, -0.05) is 0 Å². The van der Waals surface area contributed by atoms with E-state index in [-0.39, 0.29) is 16.4 Å². The number of esters is 1. The van der Waals surface area contributed by atoms with Gasteiger partial charge in [0, 0.05) is 23.9 Å². The van der Waals surface area contributed by atoms with Crippen LogP contribution in [-0.4, -0.2) is 40.1 Å². The second-order valence-corrected chi connectivity index (χ2v) is 6.47. The molecule has 0 saturated heterocycles. The van der Waals surface area contributed by atoms with Gasteiger partial charge in [0.05, 0.1) is 6.61 Å². The molecule has 0 unspecified atom stereocenters. The Hall–Kier alpha value is -1.47. The number of carbonyl (C=O) groups is 2. The predicted molar refractivity (Wildman–Crippen MR) is 83.1 cm³/mol. The van der Waals surface area contributed by atoms with E-state index in [1.807, 2.05) is 12.1 Å². The second-order valence-electron chi connectivity index (χ2n) is 4.26. The molecule has 0 aliphatic carbocycles. The zero-order valence-corrected chi connectivity index (χ0v) is 12.9. The summed E-state index contributed by atoms with van der Waals surface area (Å²) in [4.78, 5) is 27.3. The number of aliphatic carboxylic acids is 1. The molecule has 0 aromatic carbocycles. The van der Waals surface area contributed by atoms with Crippen molar-refractivity contribution in [3.63, 3.8) is 0 Å². The fourth-order valence-electron chi connectivity index (χ4n) is 1.79. The average Bonchev–Trinajstić information content (AvgIpc) is 2.52. The first-order valence-electron chi connectivity index (χ1n) is 6.47. The maximum absolute atomic E-state index is 11.9. The number of carboxylic acid groups (broad SMARTS) is 1. The highest BCUT2D eigenvalue weighted by atomic mass is 32.2. The molecule has 2 heterocycles. The summed E-state index contributed by atoms with van der Waals surface area (Å²) >= 11 is 2.45. The van der Waals surface area contributed by atoms with E-state index in [1.165, 1.54) is 23.5 Å². The number of pyridine rings is 1. The van der Waals surface area contributed by atoms with Crippen molar-refractivity contribution in [2.24, 2.45) is 0 Å². The molecule has 1 aliphatic heterocycles. The van der Waals surface area contributed by atoms with Crippen molar-refractivity contribution in [2.45, 2.75) is 12.8 Å². The third-order valence-corrected chi connectivity index (χ3v) is 5.29. The summed E-state index contributed by atoms with van der Waals surface area (Å²) in [5, 5.41) is 9.07. The van der Waals surface area contributed by atoms with Crippen LogP contribution in [0.15, 0.2) is 34.3 Å². The quantitative estimate of drug-likeness (QED) is 0.635. The molecule has 1 aromatic rings. The molecule has 0 atom stereocenters. The molecule has 112 valence electrons. The number of carboxylic acids is 1. The Bertz CT molecular complexity index is 545. The van der Waals surface area contributed by atoms with Crippen LogP contribution >= 0.6 is 23.5 Å². The van der Waals surface area contributed by atoms with Crippen molar-refractivity contribution < 1.29 is 19.4 Å². The van der Waals surface area contributed by atoms with Gasteiger partial charge in [0.25, 0.3) is 0 Å². The molecule has 21 heavy (non-hydrogen) atoms. The van der Waals surface area contributed by atoms with Crippen LogP contribution in [0.2, 0.25) is 0 Å². The van der Waals surface area contributed by atoms with E-state index in [0.29, 0.717) is 12.2 Å². The van der Waals surface area contributed by atoms with Gasteiger partial charge in [-0.15, -0.1) is 23.5 Å². The van der Waals surface area contributed by atoms with E-state index in [0.717, 1.165) is 17.7 Å². The summed E-state index contributed by atoms with van der Waals surface area (Å²) in [6.07, 6.45) is 4.94. The third kappa shape index (κ3) is 4.78. The smallest absolute Gasteiger partial charge is 0.346 e. The molecule has 7 heteroatoms. The zero-order chi connectivity index (χ0) is 15.1. The van der Waals surface area contributed by atoms with Crippen LogP contribution in [0.4, 0.5) is 0 Å². The molecular formula is C14H15NO4S2. The first kappa shape index (κ1) is 15.9. The summed E-state index contributed by atoms with van der Waals surface area (Å²) in [5.41, 5.74) is 1.13. The number of aromatic nitrogens is 1. The fourth-order valence-corrected chi connectivity index (χ4v) is 3.95. The monoisotopic (exact) mass is 325 g/mol. The number of thioether (sulfide) groups is 2. The minimum Gasteiger partial charge on any atom is -0.477 e. The fraction of sp³-hybridized carbons (Fsp3) is 0.357. The van der Waals surface area contributed by atoms with Crippen molar-refractivity contribution in [3.05, 3.63) is 39.9 Å². The first-order valence-corrected chi connectivity index (χ1v) is 8.45. The number of hydrogen-bond acceptors (Lipinski definition) is 6. The molecule has 5 nitrogen and oxygen atoms in total. The molecule has 1 aromatic heterocycles. The SMILES string of the molecule is O=C(O)C1=C(C(=O)OCCCc2ccncc2)SCCS1. The number of hydrogen-bond donors (Lipinski definition) is 1. The number of carbonyl (C=O) groups excluding carboxylic acids is 1. The molecule has 1 N–H and O–H groups in total. The van der Waals surface area contributed by atoms with E-state index in [2.05, 4.69) is 4.98 Å². The van der Waals surface area contributed by atoms with Crippen molar-refractivity contribution in [2.75, 3.05) is 18.1 Å². The largest absolute Gasteiger partial charge is 0.477 e. The van der Waals surface area contributed by atoms with Crippen LogP contribution in [0, 0.1) is 0 Å². The van der Waals surface area contributed by atoms with Crippen molar-refractivity contribution in [3.8, 4) is 0 Å².